The van der Waals surface area contributed by atoms with Gasteiger partial charge in [0, 0.05) is 0 Å². The van der Waals surface area contributed by atoms with Gasteiger partial charge in [-0.05, 0) is 0 Å². The van der Waals surface area contributed by atoms with E-state index in [9.17, 15) is 0 Å². The van der Waals surface area contributed by atoms with Crippen LogP contribution in [0.15, 0.2) is 0 Å². The third-order valence-corrected chi connectivity index (χ3v) is 0. The summed E-state index contributed by atoms with van der Waals surface area (Å²) in [5.41, 5.74) is 0. The SMILES string of the molecule is C.C=O.C=O.C=O.C=O. The van der Waals surface area contributed by atoms with Crippen molar-refractivity contribution >= 4 is 27.2 Å². The second kappa shape index (κ2) is 124. The highest BCUT2D eigenvalue weighted by molar-refractivity contribution is 5.11. The van der Waals surface area contributed by atoms with Crippen LogP contribution in [0.2, 0.25) is 0 Å². The molecule has 0 heterocycles. The number of hydrogen-bond acceptors (Lipinski definition) is 4. The maximum absolute atomic E-state index is 8.00. The molecule has 0 saturated heterocycles. The van der Waals surface area contributed by atoms with Gasteiger partial charge < -0.3 is 19.2 Å². The van der Waals surface area contributed by atoms with E-state index in [-0.39, 0.29) is 7.43 Å². The first-order chi connectivity index (χ1) is 4.00. The summed E-state index contributed by atoms with van der Waals surface area (Å²) in [6.07, 6.45) is 0. The van der Waals surface area contributed by atoms with Gasteiger partial charge in [0.05, 0.1) is 0 Å². The molecule has 0 radical (unpaired) electrons. The second-order valence-electron chi connectivity index (χ2n) is 0. The van der Waals surface area contributed by atoms with Crippen molar-refractivity contribution in [3.8, 4) is 0 Å². The molecule has 9 heavy (non-hydrogen) atoms. The molecule has 0 rings (SSSR count). The molecule has 0 atom stereocenters. The topological polar surface area (TPSA) is 68.3 Å². The highest BCUT2D eigenvalue weighted by Gasteiger charge is 0.642. The van der Waals surface area contributed by atoms with E-state index >= 15 is 0 Å². The van der Waals surface area contributed by atoms with E-state index < -0.39 is 0 Å². The molecule has 4 heteroatoms. The van der Waals surface area contributed by atoms with Crippen LogP contribution in [0.1, 0.15) is 7.43 Å². The highest BCUT2D eigenvalue weighted by atomic mass is 16.1. The fourth-order valence-electron chi connectivity index (χ4n) is 0. The lowest BCUT2D eigenvalue weighted by Crippen LogP contribution is -0.925. The lowest BCUT2D eigenvalue weighted by Gasteiger charge is -0.837. The Labute approximate surface area is 54.9 Å². The van der Waals surface area contributed by atoms with Crippen molar-refractivity contribution in [1.82, 2.24) is 0 Å². The summed E-state index contributed by atoms with van der Waals surface area (Å²) in [7, 11) is 0. The molecule has 0 fully saturated rings. The lowest BCUT2D eigenvalue weighted by molar-refractivity contribution is -0.0987. The van der Waals surface area contributed by atoms with Crippen LogP contribution in [-0.4, -0.2) is 27.2 Å². The number of carbonyl (C=O) groups excluding carboxylic acids is 4. The number of carbonyl (C=O) groups is 4. The molecule has 0 bridgehead atoms. The molecule has 4 nitrogen and oxygen atoms in total. The van der Waals surface area contributed by atoms with Crippen molar-refractivity contribution in [2.24, 2.45) is 0 Å². The van der Waals surface area contributed by atoms with Crippen molar-refractivity contribution in [3.63, 3.8) is 0 Å². The minimum atomic E-state index is 0. The molecule has 0 aliphatic rings. The normalized spacial score (nSPS) is 1.78. The van der Waals surface area contributed by atoms with E-state index in [1.54, 1.807) is 0 Å². The van der Waals surface area contributed by atoms with Crippen molar-refractivity contribution in [3.05, 3.63) is 0 Å². The van der Waals surface area contributed by atoms with Gasteiger partial charge in [-0.25, -0.2) is 0 Å². The Balaban J connectivity index is -0.00000000762. The molecular weight excluding hydrogens is 124 g/mol. The predicted octanol–water partition coefficient (Wildman–Crippen LogP) is -0.104. The molecule has 0 aromatic carbocycles. The van der Waals surface area contributed by atoms with E-state index in [2.05, 4.69) is 0 Å². The summed E-state index contributed by atoms with van der Waals surface area (Å²) >= 11 is 0. The second-order valence-corrected chi connectivity index (χ2v) is 0. The molecule has 0 spiro atoms. The zero-order chi connectivity index (χ0) is 8.00. The molecule has 0 saturated carbocycles. The van der Waals surface area contributed by atoms with Gasteiger partial charge in [-0.3, -0.25) is 0 Å². The molecular formula is C5H12O4. The molecule has 0 aliphatic carbocycles. The van der Waals surface area contributed by atoms with E-state index in [1.165, 1.54) is 0 Å². The quantitative estimate of drug-likeness (QED) is 0.466. The van der Waals surface area contributed by atoms with Gasteiger partial charge in [0.25, 0.3) is 0 Å². The molecule has 0 unspecified atom stereocenters. The summed E-state index contributed by atoms with van der Waals surface area (Å²) in [6, 6.07) is 0. The maximum Gasteiger partial charge on any atom is 0.106 e. The average Bonchev–Trinajstić information content (AvgIpc) is 2.03. The van der Waals surface area contributed by atoms with Crippen LogP contribution in [0.4, 0.5) is 0 Å². The fourth-order valence-corrected chi connectivity index (χ4v) is 0. The van der Waals surface area contributed by atoms with Crippen molar-refractivity contribution in [2.45, 2.75) is 7.43 Å². The molecule has 0 amide bonds. The van der Waals surface area contributed by atoms with Gasteiger partial charge in [0.15, 0.2) is 0 Å². The van der Waals surface area contributed by atoms with Crippen LogP contribution >= 0.6 is 0 Å². The van der Waals surface area contributed by atoms with Crippen LogP contribution in [0.5, 0.6) is 0 Å². The monoisotopic (exact) mass is 136 g/mol. The molecule has 0 aromatic heterocycles. The van der Waals surface area contributed by atoms with Crippen LogP contribution in [0.3, 0.4) is 0 Å². The largest absolute Gasteiger partial charge is 0.307 e. The molecule has 0 aromatic rings. The van der Waals surface area contributed by atoms with Crippen molar-refractivity contribution < 1.29 is 19.2 Å². The Morgan fingerprint density at radius 2 is 0.444 bits per heavy atom. The average molecular weight is 136 g/mol. The minimum Gasteiger partial charge on any atom is -0.307 e. The maximum atomic E-state index is 8.00. The Bertz CT molecular complexity index is 16.9. The van der Waals surface area contributed by atoms with Gasteiger partial charge in [0.1, 0.15) is 27.2 Å². The molecule has 56 valence electrons. The summed E-state index contributed by atoms with van der Waals surface area (Å²) in [6.45, 7) is 8.00. The van der Waals surface area contributed by atoms with Gasteiger partial charge in [-0.15, -0.1) is 0 Å². The van der Waals surface area contributed by atoms with Crippen LogP contribution in [0, 0.1) is 0 Å². The third kappa shape index (κ3) is 84.0. The summed E-state index contributed by atoms with van der Waals surface area (Å²) in [4.78, 5) is 32.0. The van der Waals surface area contributed by atoms with Crippen LogP contribution < -0.4 is 0 Å². The van der Waals surface area contributed by atoms with Crippen molar-refractivity contribution in [2.75, 3.05) is 0 Å². The van der Waals surface area contributed by atoms with E-state index in [1.807, 2.05) is 27.2 Å². The predicted molar refractivity (Wildman–Crippen MR) is 35.2 cm³/mol. The fraction of sp³-hybridized carbons (Fsp3) is 0.200. The van der Waals surface area contributed by atoms with E-state index in [4.69, 9.17) is 19.2 Å². The Morgan fingerprint density at radius 3 is 0.444 bits per heavy atom. The van der Waals surface area contributed by atoms with E-state index in [0.717, 1.165) is 0 Å². The summed E-state index contributed by atoms with van der Waals surface area (Å²) < 4.78 is 0. The Kier molecular flexibility index (Phi) is 656. The first-order valence-electron chi connectivity index (χ1n) is 1.15. The lowest BCUT2D eigenvalue weighted by atomic mass is 11.9. The third-order valence-electron chi connectivity index (χ3n) is 0. The first-order valence-corrected chi connectivity index (χ1v) is 1.15. The molecule has 0 N–H and O–H groups in total. The van der Waals surface area contributed by atoms with Gasteiger partial charge in [-0.2, -0.15) is 0 Å². The smallest absolute Gasteiger partial charge is 0.106 e. The molecule has 0 aliphatic heterocycles. The standard InChI is InChI=1S/4CH2O.CH4/c4*1-2;/h4*1H2;1H4. The Hall–Kier alpha value is -1.32. The highest BCUT2D eigenvalue weighted by Crippen LogP contribution is 0.500. The van der Waals surface area contributed by atoms with E-state index in [0.29, 0.717) is 0 Å². The number of rotatable bonds is 0. The van der Waals surface area contributed by atoms with Gasteiger partial charge >= 0.3 is 0 Å². The number of hydrogen-bond donors (Lipinski definition) is 0. The first kappa shape index (κ1) is 47.7. The summed E-state index contributed by atoms with van der Waals surface area (Å²) in [5, 5.41) is 0. The van der Waals surface area contributed by atoms with Crippen molar-refractivity contribution in [1.29, 1.82) is 0 Å². The zero-order valence-corrected chi connectivity index (χ0v) is 4.46. The summed E-state index contributed by atoms with van der Waals surface area (Å²) in [5.74, 6) is 0. The van der Waals surface area contributed by atoms with Gasteiger partial charge in [0.2, 0.25) is 0 Å². The zero-order valence-electron chi connectivity index (χ0n) is 4.46. The minimum absolute atomic E-state index is 0. The van der Waals surface area contributed by atoms with Crippen LogP contribution in [-0.2, 0) is 19.2 Å². The van der Waals surface area contributed by atoms with Crippen LogP contribution in [0.25, 0.3) is 0 Å². The Morgan fingerprint density at radius 1 is 0.444 bits per heavy atom. The van der Waals surface area contributed by atoms with Gasteiger partial charge in [-0.1, -0.05) is 7.43 Å².